The van der Waals surface area contributed by atoms with E-state index in [1.54, 1.807) is 6.07 Å². The number of ether oxygens (including phenoxy) is 1. The molecule has 4 rings (SSSR count). The Morgan fingerprint density at radius 3 is 2.84 bits per heavy atom. The lowest BCUT2D eigenvalue weighted by Crippen LogP contribution is -2.32. The molecular formula is C20H18ClNO3. The first-order chi connectivity index (χ1) is 12.2. The predicted molar refractivity (Wildman–Crippen MR) is 99.6 cm³/mol. The zero-order chi connectivity index (χ0) is 17.4. The highest BCUT2D eigenvalue weighted by Gasteiger charge is 2.23. The number of para-hydroxylation sites is 1. The van der Waals surface area contributed by atoms with Gasteiger partial charge in [-0.25, -0.2) is 4.79 Å². The summed E-state index contributed by atoms with van der Waals surface area (Å²) in [6.45, 7) is 3.08. The molecule has 0 spiro atoms. The quantitative estimate of drug-likeness (QED) is 0.635. The minimum atomic E-state index is -0.320. The zero-order valence-electron chi connectivity index (χ0n) is 13.9. The summed E-state index contributed by atoms with van der Waals surface area (Å²) in [4.78, 5) is 14.1. The maximum absolute atomic E-state index is 12.0. The average molecular weight is 356 g/mol. The number of rotatable bonds is 3. The second kappa shape index (κ2) is 6.45. The minimum absolute atomic E-state index is 0.320. The van der Waals surface area contributed by atoms with Crippen molar-refractivity contribution in [3.63, 3.8) is 0 Å². The number of benzene rings is 2. The van der Waals surface area contributed by atoms with Gasteiger partial charge in [0, 0.05) is 11.5 Å². The Morgan fingerprint density at radius 2 is 2.04 bits per heavy atom. The fourth-order valence-electron chi connectivity index (χ4n) is 3.34. The van der Waals surface area contributed by atoms with Crippen molar-refractivity contribution in [2.75, 3.05) is 11.6 Å². The molecule has 0 bridgehead atoms. The van der Waals surface area contributed by atoms with Crippen molar-refractivity contribution in [3.8, 4) is 5.75 Å². The molecule has 0 N–H and O–H groups in total. The van der Waals surface area contributed by atoms with Crippen LogP contribution in [0.3, 0.4) is 0 Å². The highest BCUT2D eigenvalue weighted by Crippen LogP contribution is 2.36. The molecule has 0 saturated heterocycles. The third-order valence-electron chi connectivity index (χ3n) is 4.50. The van der Waals surface area contributed by atoms with Crippen LogP contribution in [0.2, 0.25) is 5.02 Å². The smallest absolute Gasteiger partial charge is 0.336 e. The van der Waals surface area contributed by atoms with Crippen LogP contribution >= 0.6 is 11.6 Å². The summed E-state index contributed by atoms with van der Waals surface area (Å²) in [7, 11) is 0. The molecule has 0 fully saturated rings. The third kappa shape index (κ3) is 2.87. The van der Waals surface area contributed by atoms with Crippen LogP contribution in [0.1, 0.15) is 24.5 Å². The molecule has 0 amide bonds. The van der Waals surface area contributed by atoms with Gasteiger partial charge >= 0.3 is 5.63 Å². The van der Waals surface area contributed by atoms with Crippen LogP contribution in [0.5, 0.6) is 5.75 Å². The van der Waals surface area contributed by atoms with Crippen molar-refractivity contribution in [3.05, 3.63) is 69.0 Å². The second-order valence-electron chi connectivity index (χ2n) is 6.18. The van der Waals surface area contributed by atoms with Gasteiger partial charge in [0.25, 0.3) is 0 Å². The molecule has 5 heteroatoms. The van der Waals surface area contributed by atoms with E-state index in [0.29, 0.717) is 23.9 Å². The van der Waals surface area contributed by atoms with E-state index in [9.17, 15) is 4.79 Å². The Labute approximate surface area is 150 Å². The van der Waals surface area contributed by atoms with Crippen molar-refractivity contribution in [1.82, 2.24) is 0 Å². The van der Waals surface area contributed by atoms with E-state index in [1.165, 1.54) is 0 Å². The lowest BCUT2D eigenvalue weighted by Gasteiger charge is -2.31. The van der Waals surface area contributed by atoms with E-state index in [-0.39, 0.29) is 5.63 Å². The lowest BCUT2D eigenvalue weighted by atomic mass is 10.0. The number of halogens is 1. The Morgan fingerprint density at radius 1 is 1.20 bits per heavy atom. The number of aryl methyl sites for hydroxylation is 1. The maximum atomic E-state index is 12.0. The summed E-state index contributed by atoms with van der Waals surface area (Å²) in [6, 6.07) is 13.2. The molecule has 2 heterocycles. The fraction of sp³-hybridized carbons (Fsp3) is 0.250. The van der Waals surface area contributed by atoms with Gasteiger partial charge in [-0.3, -0.25) is 0 Å². The van der Waals surface area contributed by atoms with Gasteiger partial charge in [0.15, 0.2) is 6.73 Å². The van der Waals surface area contributed by atoms with E-state index in [2.05, 4.69) is 6.92 Å². The topological polar surface area (TPSA) is 42.7 Å². The van der Waals surface area contributed by atoms with Crippen molar-refractivity contribution in [2.45, 2.75) is 26.3 Å². The predicted octanol–water partition coefficient (Wildman–Crippen LogP) is 4.76. The van der Waals surface area contributed by atoms with Gasteiger partial charge in [-0.1, -0.05) is 37.1 Å². The standard InChI is InChI=1S/C20H18ClNO3/c1-2-5-13-10-19(23)25-20-14(13)8-9-18-15(20)11-22(12-24-18)17-7-4-3-6-16(17)21/h3-4,6-10H,2,5,11-12H2,1H3. The molecule has 2 aromatic carbocycles. The Hall–Kier alpha value is -2.46. The molecule has 4 nitrogen and oxygen atoms in total. The molecule has 1 aromatic heterocycles. The molecular weight excluding hydrogens is 338 g/mol. The van der Waals surface area contributed by atoms with Gasteiger partial charge in [-0.2, -0.15) is 0 Å². The van der Waals surface area contributed by atoms with Crippen LogP contribution in [-0.4, -0.2) is 6.73 Å². The van der Waals surface area contributed by atoms with E-state index >= 15 is 0 Å². The Kier molecular flexibility index (Phi) is 4.14. The molecule has 0 aliphatic carbocycles. The molecule has 25 heavy (non-hydrogen) atoms. The normalized spacial score (nSPS) is 13.6. The first-order valence-electron chi connectivity index (χ1n) is 8.38. The monoisotopic (exact) mass is 355 g/mol. The third-order valence-corrected chi connectivity index (χ3v) is 4.82. The van der Waals surface area contributed by atoms with E-state index in [1.807, 2.05) is 41.3 Å². The highest BCUT2D eigenvalue weighted by atomic mass is 35.5. The van der Waals surface area contributed by atoms with Gasteiger partial charge in [0.05, 0.1) is 22.8 Å². The lowest BCUT2D eigenvalue weighted by molar-refractivity contribution is 0.289. The molecule has 0 saturated carbocycles. The summed E-state index contributed by atoms with van der Waals surface area (Å²) in [6.07, 6.45) is 1.81. The Balaban J connectivity index is 1.84. The number of anilines is 1. The summed E-state index contributed by atoms with van der Waals surface area (Å²) < 4.78 is 11.5. The van der Waals surface area contributed by atoms with Crippen LogP contribution in [0, 0.1) is 0 Å². The largest absolute Gasteiger partial charge is 0.473 e. The number of hydrogen-bond acceptors (Lipinski definition) is 4. The number of nitrogens with zero attached hydrogens (tertiary/aromatic N) is 1. The summed E-state index contributed by atoms with van der Waals surface area (Å²) in [5.74, 6) is 0.757. The molecule has 128 valence electrons. The minimum Gasteiger partial charge on any atom is -0.473 e. The molecule has 1 aliphatic heterocycles. The molecule has 0 atom stereocenters. The van der Waals surface area contributed by atoms with E-state index in [4.69, 9.17) is 20.8 Å². The number of fused-ring (bicyclic) bond motifs is 3. The van der Waals surface area contributed by atoms with Crippen molar-refractivity contribution in [1.29, 1.82) is 0 Å². The van der Waals surface area contributed by atoms with Crippen LogP contribution < -0.4 is 15.3 Å². The van der Waals surface area contributed by atoms with Crippen LogP contribution in [0.25, 0.3) is 11.0 Å². The summed E-state index contributed by atoms with van der Waals surface area (Å²) in [5.41, 5.74) is 3.11. The van der Waals surface area contributed by atoms with Crippen molar-refractivity contribution >= 4 is 28.3 Å². The first-order valence-corrected chi connectivity index (χ1v) is 8.76. The zero-order valence-corrected chi connectivity index (χ0v) is 14.7. The average Bonchev–Trinajstić information content (AvgIpc) is 2.62. The van der Waals surface area contributed by atoms with Gasteiger partial charge in [0.2, 0.25) is 0 Å². The summed E-state index contributed by atoms with van der Waals surface area (Å²) in [5, 5.41) is 1.65. The molecule has 0 radical (unpaired) electrons. The van der Waals surface area contributed by atoms with Gasteiger partial charge in [-0.05, 0) is 36.2 Å². The maximum Gasteiger partial charge on any atom is 0.336 e. The fourth-order valence-corrected chi connectivity index (χ4v) is 3.59. The van der Waals surface area contributed by atoms with Crippen LogP contribution in [0.4, 0.5) is 5.69 Å². The first kappa shape index (κ1) is 16.0. The van der Waals surface area contributed by atoms with Gasteiger partial charge in [-0.15, -0.1) is 0 Å². The second-order valence-corrected chi connectivity index (χ2v) is 6.59. The van der Waals surface area contributed by atoms with Crippen LogP contribution in [0.15, 0.2) is 51.7 Å². The van der Waals surface area contributed by atoms with E-state index in [0.717, 1.165) is 40.8 Å². The van der Waals surface area contributed by atoms with Crippen molar-refractivity contribution < 1.29 is 9.15 Å². The molecule has 3 aromatic rings. The summed E-state index contributed by atoms with van der Waals surface area (Å²) >= 11 is 6.32. The van der Waals surface area contributed by atoms with Gasteiger partial charge < -0.3 is 14.1 Å². The van der Waals surface area contributed by atoms with Crippen LogP contribution in [-0.2, 0) is 13.0 Å². The highest BCUT2D eigenvalue weighted by molar-refractivity contribution is 6.33. The Bertz CT molecular complexity index is 996. The molecule has 1 aliphatic rings. The molecule has 0 unspecified atom stereocenters. The SMILES string of the molecule is CCCc1cc(=O)oc2c3c(ccc12)OCN(c1ccccc1Cl)C3. The van der Waals surface area contributed by atoms with E-state index < -0.39 is 0 Å². The number of hydrogen-bond donors (Lipinski definition) is 0. The van der Waals surface area contributed by atoms with Crippen molar-refractivity contribution in [2.24, 2.45) is 0 Å². The van der Waals surface area contributed by atoms with Gasteiger partial charge in [0.1, 0.15) is 11.3 Å².